The molecule has 3 heterocycles. The molecule has 4 aliphatic carbocycles. The van der Waals surface area contributed by atoms with Crippen LogP contribution in [0.1, 0.15) is 68.1 Å². The number of rotatable bonds is 7. The van der Waals surface area contributed by atoms with Crippen molar-refractivity contribution in [2.45, 2.75) is 76.0 Å². The van der Waals surface area contributed by atoms with Crippen molar-refractivity contribution in [1.29, 1.82) is 0 Å². The summed E-state index contributed by atoms with van der Waals surface area (Å²) in [5.41, 5.74) is 3.39. The molecule has 4 bridgehead atoms. The fraction of sp³-hybridized carbons (Fsp3) is 0.571. The molecule has 200 valence electrons. The van der Waals surface area contributed by atoms with Gasteiger partial charge in [0.15, 0.2) is 0 Å². The van der Waals surface area contributed by atoms with Gasteiger partial charge in [0, 0.05) is 30.9 Å². The summed E-state index contributed by atoms with van der Waals surface area (Å²) in [5, 5.41) is 12.9. The minimum Gasteiger partial charge on any atom is -0.377 e. The van der Waals surface area contributed by atoms with Crippen LogP contribution in [-0.2, 0) is 29.7 Å². The number of imide groups is 1. The quantitative estimate of drug-likeness (QED) is 0.401. The van der Waals surface area contributed by atoms with Gasteiger partial charge < -0.3 is 10.6 Å². The molecular formula is C28H34N6O3S. The van der Waals surface area contributed by atoms with Gasteiger partial charge in [-0.05, 0) is 74.8 Å². The van der Waals surface area contributed by atoms with Crippen molar-refractivity contribution in [3.8, 4) is 0 Å². The Bertz CT molecular complexity index is 1450. The molecule has 5 aliphatic rings. The highest BCUT2D eigenvalue weighted by molar-refractivity contribution is 7.09. The lowest BCUT2D eigenvalue weighted by molar-refractivity contribution is -0.135. The maximum absolute atomic E-state index is 13.2. The molecule has 2 aromatic heterocycles. The molecule has 0 radical (unpaired) electrons. The van der Waals surface area contributed by atoms with Gasteiger partial charge in [0.2, 0.25) is 11.8 Å². The number of carbonyl (C=O) groups excluding carboxylic acids is 2. The van der Waals surface area contributed by atoms with E-state index in [0.29, 0.717) is 24.0 Å². The maximum Gasteiger partial charge on any atom is 0.329 e. The number of anilines is 1. The zero-order valence-electron chi connectivity index (χ0n) is 21.7. The van der Waals surface area contributed by atoms with Crippen molar-refractivity contribution in [3.05, 3.63) is 44.8 Å². The van der Waals surface area contributed by atoms with E-state index in [1.54, 1.807) is 23.0 Å². The van der Waals surface area contributed by atoms with Crippen LogP contribution in [0, 0.1) is 17.8 Å². The minimum atomic E-state index is -0.692. The van der Waals surface area contributed by atoms with Crippen LogP contribution in [-0.4, -0.2) is 31.5 Å². The van der Waals surface area contributed by atoms with E-state index < -0.39 is 11.9 Å². The van der Waals surface area contributed by atoms with Gasteiger partial charge in [0.1, 0.15) is 11.0 Å². The molecule has 2 amide bonds. The summed E-state index contributed by atoms with van der Waals surface area (Å²) >= 11 is 1.65. The first kappa shape index (κ1) is 24.1. The Hall–Kier alpha value is -2.98. The lowest BCUT2D eigenvalue weighted by atomic mass is 9.53. The van der Waals surface area contributed by atoms with E-state index in [1.807, 2.05) is 18.2 Å². The van der Waals surface area contributed by atoms with E-state index in [2.05, 4.69) is 21.3 Å². The van der Waals surface area contributed by atoms with Gasteiger partial charge in [0.05, 0.1) is 29.0 Å². The number of benzene rings is 1. The lowest BCUT2D eigenvalue weighted by Crippen LogP contribution is -2.58. The topological polar surface area (TPSA) is 110 Å². The van der Waals surface area contributed by atoms with Crippen molar-refractivity contribution in [1.82, 2.24) is 24.8 Å². The number of fused-ring (bicyclic) bond motifs is 1. The summed E-state index contributed by atoms with van der Waals surface area (Å²) in [6, 6.07) is 4.99. The van der Waals surface area contributed by atoms with Crippen molar-refractivity contribution < 1.29 is 9.59 Å². The van der Waals surface area contributed by atoms with Crippen molar-refractivity contribution in [2.24, 2.45) is 24.8 Å². The second-order valence-electron chi connectivity index (χ2n) is 12.0. The molecular weight excluding hydrogens is 500 g/mol. The molecule has 3 N–H and O–H groups in total. The normalized spacial score (nSPS) is 30.2. The molecule has 3 aromatic rings. The van der Waals surface area contributed by atoms with Crippen LogP contribution in [0.15, 0.2) is 28.4 Å². The van der Waals surface area contributed by atoms with E-state index in [1.165, 1.54) is 43.1 Å². The third-order valence-electron chi connectivity index (χ3n) is 9.34. The molecule has 0 spiro atoms. The average Bonchev–Trinajstić information content (AvgIpc) is 3.44. The molecule has 5 fully saturated rings. The Morgan fingerprint density at radius 1 is 1.08 bits per heavy atom. The first-order chi connectivity index (χ1) is 18.4. The number of aryl methyl sites for hydroxylation is 1. The number of aromatic nitrogens is 3. The summed E-state index contributed by atoms with van der Waals surface area (Å²) in [6.07, 6.45) is 8.88. The van der Waals surface area contributed by atoms with Gasteiger partial charge in [-0.25, -0.2) is 9.78 Å². The molecule has 9 nitrogen and oxygen atoms in total. The number of amides is 2. The Labute approximate surface area is 225 Å². The largest absolute Gasteiger partial charge is 0.377 e. The van der Waals surface area contributed by atoms with E-state index in [-0.39, 0.29) is 18.0 Å². The van der Waals surface area contributed by atoms with Gasteiger partial charge >= 0.3 is 5.69 Å². The third kappa shape index (κ3) is 4.09. The average molecular weight is 535 g/mol. The second kappa shape index (κ2) is 9.05. The van der Waals surface area contributed by atoms with E-state index in [0.717, 1.165) is 46.2 Å². The monoisotopic (exact) mass is 534 g/mol. The number of nitrogens with zero attached hydrogens (tertiary/aromatic N) is 3. The smallest absolute Gasteiger partial charge is 0.329 e. The number of piperidine rings is 1. The molecule has 4 saturated carbocycles. The summed E-state index contributed by atoms with van der Waals surface area (Å²) in [4.78, 5) is 42.2. The lowest BCUT2D eigenvalue weighted by Gasteiger charge is -2.57. The van der Waals surface area contributed by atoms with Crippen LogP contribution in [0.25, 0.3) is 11.0 Å². The maximum atomic E-state index is 13.2. The van der Waals surface area contributed by atoms with Crippen LogP contribution in [0.2, 0.25) is 0 Å². The van der Waals surface area contributed by atoms with E-state index in [9.17, 15) is 14.4 Å². The van der Waals surface area contributed by atoms with Gasteiger partial charge in [-0.3, -0.25) is 24.0 Å². The highest BCUT2D eigenvalue weighted by atomic mass is 32.1. The summed E-state index contributed by atoms with van der Waals surface area (Å²) < 4.78 is 3.09. The zero-order valence-corrected chi connectivity index (χ0v) is 22.5. The fourth-order valence-electron chi connectivity index (χ4n) is 8.10. The summed E-state index contributed by atoms with van der Waals surface area (Å²) in [7, 11) is 1.72. The Morgan fingerprint density at radius 2 is 1.82 bits per heavy atom. The molecule has 1 unspecified atom stereocenters. The van der Waals surface area contributed by atoms with E-state index >= 15 is 0 Å². The van der Waals surface area contributed by atoms with Gasteiger partial charge in [-0.1, -0.05) is 6.07 Å². The number of para-hydroxylation sites is 1. The fourth-order valence-corrected chi connectivity index (χ4v) is 8.83. The highest BCUT2D eigenvalue weighted by Crippen LogP contribution is 2.55. The minimum absolute atomic E-state index is 0.223. The number of nitrogens with one attached hydrogen (secondary N) is 3. The predicted octanol–water partition coefficient (Wildman–Crippen LogP) is 3.44. The van der Waals surface area contributed by atoms with Crippen molar-refractivity contribution in [3.63, 3.8) is 0 Å². The predicted molar refractivity (Wildman–Crippen MR) is 146 cm³/mol. The summed E-state index contributed by atoms with van der Waals surface area (Å²) in [5.74, 6) is 2.05. The van der Waals surface area contributed by atoms with E-state index in [4.69, 9.17) is 4.98 Å². The number of imidazole rings is 1. The number of carbonyl (C=O) groups is 2. The van der Waals surface area contributed by atoms with Crippen LogP contribution >= 0.6 is 11.3 Å². The van der Waals surface area contributed by atoms with Gasteiger partial charge in [-0.2, -0.15) is 0 Å². The molecule has 1 atom stereocenters. The van der Waals surface area contributed by atoms with Gasteiger partial charge in [-0.15, -0.1) is 11.3 Å². The molecule has 10 heteroatoms. The molecule has 38 heavy (non-hydrogen) atoms. The Balaban J connectivity index is 1.05. The van der Waals surface area contributed by atoms with Crippen LogP contribution in [0.5, 0.6) is 0 Å². The highest BCUT2D eigenvalue weighted by Gasteiger charge is 2.50. The van der Waals surface area contributed by atoms with Crippen LogP contribution in [0.4, 0.5) is 5.69 Å². The molecule has 8 rings (SSSR count). The van der Waals surface area contributed by atoms with Crippen molar-refractivity contribution in [2.75, 3.05) is 5.32 Å². The van der Waals surface area contributed by atoms with Crippen LogP contribution in [0.3, 0.4) is 0 Å². The number of hydrogen-bond donors (Lipinski definition) is 3. The second-order valence-corrected chi connectivity index (χ2v) is 12.9. The molecule has 1 aromatic carbocycles. The number of thiazole rings is 1. The standard InChI is InChI=1S/C28H34N6O3S/c1-33-25-20(3-2-4-21(25)34(27(33)37)22-5-6-23(35)32-26(22)36)29-14-24-31-19(15-38-24)13-30-28-10-16-7-17(11-28)9-18(8-16)12-28/h2-4,15-18,22,29-30H,5-14H2,1H3,(H,32,35,36). The van der Waals surface area contributed by atoms with Crippen molar-refractivity contribution >= 4 is 39.9 Å². The Morgan fingerprint density at radius 3 is 2.53 bits per heavy atom. The zero-order chi connectivity index (χ0) is 26.0. The first-order valence-corrected chi connectivity index (χ1v) is 14.7. The number of hydrogen-bond acceptors (Lipinski definition) is 7. The SMILES string of the molecule is Cn1c(=O)n(C2CCC(=O)NC2=O)c2cccc(NCc3nc(CNC45CC6CC(CC(C6)C4)C5)cs3)c21. The third-order valence-corrected chi connectivity index (χ3v) is 10.2. The van der Waals surface area contributed by atoms with Gasteiger partial charge in [0.25, 0.3) is 0 Å². The Kier molecular flexibility index (Phi) is 5.74. The first-order valence-electron chi connectivity index (χ1n) is 13.8. The molecule has 1 aliphatic heterocycles. The molecule has 1 saturated heterocycles. The summed E-state index contributed by atoms with van der Waals surface area (Å²) in [6.45, 7) is 1.38. The van der Waals surface area contributed by atoms with Crippen LogP contribution < -0.4 is 21.6 Å².